The van der Waals surface area contributed by atoms with Crippen LogP contribution in [0.25, 0.3) is 10.8 Å². The van der Waals surface area contributed by atoms with E-state index in [9.17, 15) is 0 Å². The molecule has 0 radical (unpaired) electrons. The molecule has 0 spiro atoms. The van der Waals surface area contributed by atoms with Crippen molar-refractivity contribution in [2.24, 2.45) is 0 Å². The second-order valence-corrected chi connectivity index (χ2v) is 5.83. The van der Waals surface area contributed by atoms with Crippen LogP contribution in [0, 0.1) is 0 Å². The van der Waals surface area contributed by atoms with Gasteiger partial charge in [-0.05, 0) is 25.4 Å². The van der Waals surface area contributed by atoms with E-state index in [1.54, 1.807) is 0 Å². The number of anilines is 1. The Morgan fingerprint density at radius 2 is 2.10 bits per heavy atom. The molecule has 0 aliphatic carbocycles. The van der Waals surface area contributed by atoms with Gasteiger partial charge >= 0.3 is 0 Å². The predicted octanol–water partition coefficient (Wildman–Crippen LogP) is 3.11. The summed E-state index contributed by atoms with van der Waals surface area (Å²) in [5.74, 6) is 1.54. The largest absolute Gasteiger partial charge is 0.353 e. The monoisotopic (exact) mass is 289 g/mol. The molecular formula is C16H20ClN3. The molecule has 0 N–H and O–H groups in total. The second-order valence-electron chi connectivity index (χ2n) is 5.57. The van der Waals surface area contributed by atoms with Crippen molar-refractivity contribution < 1.29 is 0 Å². The molecule has 20 heavy (non-hydrogen) atoms. The minimum absolute atomic E-state index is 0.459. The number of nitrogens with zero attached hydrogens (tertiary/aromatic N) is 3. The van der Waals surface area contributed by atoms with Crippen LogP contribution in [0.15, 0.2) is 30.3 Å². The molecule has 1 saturated heterocycles. The van der Waals surface area contributed by atoms with E-state index >= 15 is 0 Å². The van der Waals surface area contributed by atoms with E-state index < -0.39 is 0 Å². The maximum atomic E-state index is 6.00. The molecule has 1 fully saturated rings. The fourth-order valence-corrected chi connectivity index (χ4v) is 2.92. The molecule has 1 aromatic carbocycles. The Morgan fingerprint density at radius 3 is 2.85 bits per heavy atom. The number of hydrogen-bond donors (Lipinski definition) is 0. The summed E-state index contributed by atoms with van der Waals surface area (Å²) in [6, 6.07) is 11.1. The summed E-state index contributed by atoms with van der Waals surface area (Å²) in [4.78, 5) is 9.56. The lowest BCUT2D eigenvalue weighted by Gasteiger charge is -2.38. The molecule has 2 aromatic rings. The summed E-state index contributed by atoms with van der Waals surface area (Å²) in [7, 11) is 2.18. The topological polar surface area (TPSA) is 19.4 Å². The average molecular weight is 290 g/mol. The van der Waals surface area contributed by atoms with Crippen molar-refractivity contribution in [3.63, 3.8) is 0 Å². The molecular weight excluding hydrogens is 270 g/mol. The summed E-state index contributed by atoms with van der Waals surface area (Å²) in [6.07, 6.45) is 0. The minimum Gasteiger partial charge on any atom is -0.353 e. The Hall–Kier alpha value is -1.32. The number of halogens is 1. The van der Waals surface area contributed by atoms with Gasteiger partial charge in [0.15, 0.2) is 0 Å². The molecule has 0 bridgehead atoms. The van der Waals surface area contributed by atoms with E-state index in [1.165, 1.54) is 10.8 Å². The first-order chi connectivity index (χ1) is 9.69. The highest BCUT2D eigenvalue weighted by molar-refractivity contribution is 6.17. The Labute approximate surface area is 125 Å². The highest BCUT2D eigenvalue weighted by Gasteiger charge is 2.23. The lowest BCUT2D eigenvalue weighted by atomic mass is 10.1. The fourth-order valence-electron chi connectivity index (χ4n) is 2.78. The van der Waals surface area contributed by atoms with Crippen molar-refractivity contribution in [1.82, 2.24) is 9.88 Å². The molecule has 1 unspecified atom stereocenters. The van der Waals surface area contributed by atoms with E-state index in [-0.39, 0.29) is 0 Å². The first-order valence-corrected chi connectivity index (χ1v) is 7.62. The summed E-state index contributed by atoms with van der Waals surface area (Å²) in [5.41, 5.74) is 0.951. The van der Waals surface area contributed by atoms with Gasteiger partial charge < -0.3 is 9.80 Å². The lowest BCUT2D eigenvalue weighted by molar-refractivity contribution is 0.233. The van der Waals surface area contributed by atoms with Gasteiger partial charge in [-0.2, -0.15) is 0 Å². The zero-order chi connectivity index (χ0) is 14.1. The number of pyridine rings is 1. The van der Waals surface area contributed by atoms with Crippen LogP contribution in [0.4, 0.5) is 5.82 Å². The number of hydrogen-bond acceptors (Lipinski definition) is 3. The summed E-state index contributed by atoms with van der Waals surface area (Å²) >= 11 is 6.00. The third-order valence-electron chi connectivity index (χ3n) is 4.17. The number of fused-ring (bicyclic) bond motifs is 1. The Kier molecular flexibility index (Phi) is 3.81. The maximum absolute atomic E-state index is 6.00. The number of benzene rings is 1. The van der Waals surface area contributed by atoms with Crippen LogP contribution >= 0.6 is 11.6 Å². The van der Waals surface area contributed by atoms with Crippen LogP contribution in [0.3, 0.4) is 0 Å². The highest BCUT2D eigenvalue weighted by atomic mass is 35.5. The van der Waals surface area contributed by atoms with Crippen LogP contribution in [0.1, 0.15) is 12.6 Å². The Morgan fingerprint density at radius 1 is 1.30 bits per heavy atom. The van der Waals surface area contributed by atoms with Crippen LogP contribution < -0.4 is 4.90 Å². The van der Waals surface area contributed by atoms with Crippen LogP contribution in [0.5, 0.6) is 0 Å². The number of piperazine rings is 1. The third kappa shape index (κ3) is 2.48. The van der Waals surface area contributed by atoms with Gasteiger partial charge in [-0.15, -0.1) is 11.6 Å². The van der Waals surface area contributed by atoms with E-state index in [4.69, 9.17) is 16.6 Å². The minimum atomic E-state index is 0.459. The van der Waals surface area contributed by atoms with Gasteiger partial charge in [0.1, 0.15) is 5.82 Å². The lowest BCUT2D eigenvalue weighted by Crippen LogP contribution is -2.50. The van der Waals surface area contributed by atoms with Crippen LogP contribution in [0.2, 0.25) is 0 Å². The zero-order valence-corrected chi connectivity index (χ0v) is 12.8. The van der Waals surface area contributed by atoms with Crippen molar-refractivity contribution in [2.45, 2.75) is 18.8 Å². The van der Waals surface area contributed by atoms with Gasteiger partial charge in [-0.3, -0.25) is 0 Å². The number of alkyl halides is 1. The van der Waals surface area contributed by atoms with Gasteiger partial charge in [-0.25, -0.2) is 4.98 Å². The van der Waals surface area contributed by atoms with Gasteiger partial charge in [-0.1, -0.05) is 24.3 Å². The van der Waals surface area contributed by atoms with Crippen molar-refractivity contribution >= 4 is 28.2 Å². The highest BCUT2D eigenvalue weighted by Crippen LogP contribution is 2.27. The molecule has 3 rings (SSSR count). The van der Waals surface area contributed by atoms with Crippen molar-refractivity contribution in [3.05, 3.63) is 36.0 Å². The summed E-state index contributed by atoms with van der Waals surface area (Å²) < 4.78 is 0. The molecule has 1 aliphatic rings. The first-order valence-electron chi connectivity index (χ1n) is 7.09. The quantitative estimate of drug-likeness (QED) is 0.792. The molecule has 4 heteroatoms. The smallest absolute Gasteiger partial charge is 0.136 e. The van der Waals surface area contributed by atoms with Gasteiger partial charge in [0.05, 0.1) is 11.6 Å². The first kappa shape index (κ1) is 13.7. The van der Waals surface area contributed by atoms with Gasteiger partial charge in [0.25, 0.3) is 0 Å². The number of likely N-dealkylation sites (N-methyl/N-ethyl adjacent to an activating group) is 1. The molecule has 1 aliphatic heterocycles. The van der Waals surface area contributed by atoms with Crippen molar-refractivity contribution in [2.75, 3.05) is 31.6 Å². The van der Waals surface area contributed by atoms with Crippen LogP contribution in [-0.2, 0) is 5.88 Å². The predicted molar refractivity (Wildman–Crippen MR) is 85.6 cm³/mol. The zero-order valence-electron chi connectivity index (χ0n) is 12.0. The molecule has 1 aromatic heterocycles. The maximum Gasteiger partial charge on any atom is 0.136 e. The van der Waals surface area contributed by atoms with E-state index in [1.807, 2.05) is 0 Å². The van der Waals surface area contributed by atoms with E-state index in [0.29, 0.717) is 11.9 Å². The molecule has 0 amide bonds. The molecule has 2 heterocycles. The standard InChI is InChI=1S/C16H20ClN3/c1-12-11-20(8-7-19(12)2)16-15-6-4-3-5-13(15)9-14(10-17)18-16/h3-6,9,12H,7-8,10-11H2,1-2H3. The molecule has 1 atom stereocenters. The second kappa shape index (κ2) is 5.58. The Bertz CT molecular complexity index is 614. The SMILES string of the molecule is CC1CN(c2nc(CCl)cc3ccccc23)CCN1C. The summed E-state index contributed by atoms with van der Waals surface area (Å²) in [5, 5.41) is 2.44. The number of aromatic nitrogens is 1. The third-order valence-corrected chi connectivity index (χ3v) is 4.44. The molecule has 3 nitrogen and oxygen atoms in total. The Balaban J connectivity index is 2.05. The van der Waals surface area contributed by atoms with Crippen molar-refractivity contribution in [3.8, 4) is 0 Å². The van der Waals surface area contributed by atoms with E-state index in [2.05, 4.69) is 54.1 Å². The number of rotatable bonds is 2. The van der Waals surface area contributed by atoms with E-state index in [0.717, 1.165) is 31.1 Å². The van der Waals surface area contributed by atoms with Gasteiger partial charge in [0.2, 0.25) is 0 Å². The normalized spacial score (nSPS) is 20.6. The van der Waals surface area contributed by atoms with Crippen molar-refractivity contribution in [1.29, 1.82) is 0 Å². The van der Waals surface area contributed by atoms with Gasteiger partial charge in [0, 0.05) is 31.1 Å². The fraction of sp³-hybridized carbons (Fsp3) is 0.438. The molecule has 106 valence electrons. The van der Waals surface area contributed by atoms with Crippen LogP contribution in [-0.4, -0.2) is 42.6 Å². The molecule has 0 saturated carbocycles. The average Bonchev–Trinajstić information content (AvgIpc) is 2.49. The summed E-state index contributed by atoms with van der Waals surface area (Å²) in [6.45, 7) is 5.37.